The van der Waals surface area contributed by atoms with E-state index in [4.69, 9.17) is 11.1 Å². The number of nitrogens with one attached hydrogen (secondary N) is 1. The molecule has 0 radical (unpaired) electrons. The van der Waals surface area contributed by atoms with Crippen LogP contribution in [0.1, 0.15) is 21.5 Å². The van der Waals surface area contributed by atoms with Crippen LogP contribution in [0.2, 0.25) is 0 Å². The average molecular weight is 254 g/mol. The Labute approximate surface area is 111 Å². The van der Waals surface area contributed by atoms with E-state index in [1.807, 2.05) is 12.1 Å². The lowest BCUT2D eigenvalue weighted by atomic mass is 10.00. The molecule has 0 fully saturated rings. The van der Waals surface area contributed by atoms with Crippen molar-refractivity contribution in [3.8, 4) is 0 Å². The summed E-state index contributed by atoms with van der Waals surface area (Å²) in [6.45, 7) is 0. The van der Waals surface area contributed by atoms with Crippen LogP contribution in [0.25, 0.3) is 0 Å². The van der Waals surface area contributed by atoms with Crippen molar-refractivity contribution in [2.45, 2.75) is 0 Å². The molecule has 0 amide bonds. The summed E-state index contributed by atoms with van der Waals surface area (Å²) in [5.41, 5.74) is 8.56. The lowest BCUT2D eigenvalue weighted by Gasteiger charge is -2.08. The highest BCUT2D eigenvalue weighted by Crippen LogP contribution is 2.16. The molecule has 0 saturated carbocycles. The predicted molar refractivity (Wildman–Crippen MR) is 74.6 cm³/mol. The minimum Gasteiger partial charge on any atom is -0.465 e. The molecular formula is C15H14N2O2. The lowest BCUT2D eigenvalue weighted by molar-refractivity contribution is 0.0600. The molecule has 0 aromatic heterocycles. The maximum Gasteiger partial charge on any atom is 0.337 e. The standard InChI is InChI=1S/C15H14N2O2/c1-19-15(18)11-8-6-10(7-9-11)14(17)12-4-2-3-5-13(12)16/h2-9,17H,16H2,1H3. The first kappa shape index (κ1) is 12.8. The third-order valence-electron chi connectivity index (χ3n) is 2.82. The van der Waals surface area contributed by atoms with E-state index in [2.05, 4.69) is 4.74 Å². The van der Waals surface area contributed by atoms with Crippen LogP contribution < -0.4 is 5.73 Å². The Morgan fingerprint density at radius 2 is 1.63 bits per heavy atom. The SMILES string of the molecule is COC(=O)c1ccc(C(=N)c2ccccc2N)cc1. The first-order valence-electron chi connectivity index (χ1n) is 5.75. The van der Waals surface area contributed by atoms with E-state index in [9.17, 15) is 4.79 Å². The van der Waals surface area contributed by atoms with E-state index in [1.165, 1.54) is 7.11 Å². The topological polar surface area (TPSA) is 76.2 Å². The number of benzene rings is 2. The van der Waals surface area contributed by atoms with Gasteiger partial charge in [-0.1, -0.05) is 30.3 Å². The molecule has 0 bridgehead atoms. The van der Waals surface area contributed by atoms with Gasteiger partial charge >= 0.3 is 5.97 Å². The number of methoxy groups -OCH3 is 1. The zero-order valence-corrected chi connectivity index (χ0v) is 10.5. The fourth-order valence-electron chi connectivity index (χ4n) is 1.77. The summed E-state index contributed by atoms with van der Waals surface area (Å²) in [5.74, 6) is -0.391. The van der Waals surface area contributed by atoms with E-state index in [1.54, 1.807) is 36.4 Å². The third kappa shape index (κ3) is 2.63. The summed E-state index contributed by atoms with van der Waals surface area (Å²) in [6.07, 6.45) is 0. The van der Waals surface area contributed by atoms with Crippen molar-refractivity contribution in [3.05, 3.63) is 65.2 Å². The Balaban J connectivity index is 2.31. The van der Waals surface area contributed by atoms with Gasteiger partial charge in [0.25, 0.3) is 0 Å². The van der Waals surface area contributed by atoms with Crippen LogP contribution in [0.5, 0.6) is 0 Å². The molecule has 0 aliphatic rings. The molecular weight excluding hydrogens is 240 g/mol. The number of rotatable bonds is 3. The third-order valence-corrected chi connectivity index (χ3v) is 2.82. The molecule has 0 unspecified atom stereocenters. The van der Waals surface area contributed by atoms with Crippen LogP contribution in [0.3, 0.4) is 0 Å². The summed E-state index contributed by atoms with van der Waals surface area (Å²) < 4.78 is 4.63. The molecule has 96 valence electrons. The second-order valence-corrected chi connectivity index (χ2v) is 4.03. The minimum atomic E-state index is -0.391. The van der Waals surface area contributed by atoms with E-state index >= 15 is 0 Å². The summed E-state index contributed by atoms with van der Waals surface area (Å²) in [7, 11) is 1.34. The molecule has 19 heavy (non-hydrogen) atoms. The largest absolute Gasteiger partial charge is 0.465 e. The normalized spacial score (nSPS) is 9.95. The van der Waals surface area contributed by atoms with Crippen molar-refractivity contribution in [1.82, 2.24) is 0 Å². The van der Waals surface area contributed by atoms with E-state index in [0.717, 1.165) is 0 Å². The van der Waals surface area contributed by atoms with E-state index in [0.29, 0.717) is 28.1 Å². The second kappa shape index (κ2) is 5.35. The Kier molecular flexibility index (Phi) is 3.61. The number of carbonyl (C=O) groups excluding carboxylic acids is 1. The quantitative estimate of drug-likeness (QED) is 0.502. The Hall–Kier alpha value is -2.62. The highest BCUT2D eigenvalue weighted by molar-refractivity contribution is 6.14. The number of carbonyl (C=O) groups is 1. The van der Waals surface area contributed by atoms with Gasteiger partial charge in [-0.05, 0) is 18.2 Å². The van der Waals surface area contributed by atoms with Gasteiger partial charge in [0, 0.05) is 16.8 Å². The van der Waals surface area contributed by atoms with Gasteiger partial charge in [-0.15, -0.1) is 0 Å². The van der Waals surface area contributed by atoms with Crippen LogP contribution in [-0.4, -0.2) is 18.8 Å². The van der Waals surface area contributed by atoms with Crippen LogP contribution in [0.4, 0.5) is 5.69 Å². The molecule has 4 heteroatoms. The molecule has 2 rings (SSSR count). The molecule has 0 aliphatic carbocycles. The summed E-state index contributed by atoms with van der Waals surface area (Å²) >= 11 is 0. The highest BCUT2D eigenvalue weighted by atomic mass is 16.5. The molecule has 0 spiro atoms. The van der Waals surface area contributed by atoms with Crippen LogP contribution >= 0.6 is 0 Å². The van der Waals surface area contributed by atoms with Crippen LogP contribution in [0.15, 0.2) is 48.5 Å². The number of ether oxygens (including phenoxy) is 1. The minimum absolute atomic E-state index is 0.328. The van der Waals surface area contributed by atoms with E-state index < -0.39 is 5.97 Å². The molecule has 2 aromatic carbocycles. The second-order valence-electron chi connectivity index (χ2n) is 4.03. The van der Waals surface area contributed by atoms with Crippen molar-refractivity contribution >= 4 is 17.4 Å². The summed E-state index contributed by atoms with van der Waals surface area (Å²) in [4.78, 5) is 11.3. The van der Waals surface area contributed by atoms with Gasteiger partial charge in [0.1, 0.15) is 0 Å². The molecule has 3 N–H and O–H groups in total. The fraction of sp³-hybridized carbons (Fsp3) is 0.0667. The number of hydrogen-bond acceptors (Lipinski definition) is 4. The molecule has 2 aromatic rings. The number of anilines is 1. The van der Waals surface area contributed by atoms with Gasteiger partial charge in [0.15, 0.2) is 0 Å². The number of nitrogens with two attached hydrogens (primary N) is 1. The highest BCUT2D eigenvalue weighted by Gasteiger charge is 2.09. The number of nitrogen functional groups attached to an aromatic ring is 1. The fourth-order valence-corrected chi connectivity index (χ4v) is 1.77. The Bertz CT molecular complexity index is 618. The molecule has 0 saturated heterocycles. The first-order valence-corrected chi connectivity index (χ1v) is 5.75. The summed E-state index contributed by atoms with van der Waals surface area (Å²) in [6, 6.07) is 13.9. The number of esters is 1. The monoisotopic (exact) mass is 254 g/mol. The van der Waals surface area contributed by atoms with E-state index in [-0.39, 0.29) is 0 Å². The Morgan fingerprint density at radius 1 is 1.05 bits per heavy atom. The zero-order valence-electron chi connectivity index (χ0n) is 10.5. The van der Waals surface area contributed by atoms with Gasteiger partial charge in [-0.3, -0.25) is 5.41 Å². The van der Waals surface area contributed by atoms with Crippen LogP contribution in [-0.2, 0) is 4.74 Å². The van der Waals surface area contributed by atoms with Crippen molar-refractivity contribution in [1.29, 1.82) is 5.41 Å². The predicted octanol–water partition coefficient (Wildman–Crippen LogP) is 2.47. The van der Waals surface area contributed by atoms with Crippen molar-refractivity contribution < 1.29 is 9.53 Å². The van der Waals surface area contributed by atoms with Crippen molar-refractivity contribution in [2.24, 2.45) is 0 Å². The van der Waals surface area contributed by atoms with Gasteiger partial charge in [-0.2, -0.15) is 0 Å². The van der Waals surface area contributed by atoms with Gasteiger partial charge in [0.05, 0.1) is 18.4 Å². The number of para-hydroxylation sites is 1. The lowest BCUT2D eigenvalue weighted by Crippen LogP contribution is -2.06. The van der Waals surface area contributed by atoms with Gasteiger partial charge in [-0.25, -0.2) is 4.79 Å². The van der Waals surface area contributed by atoms with Crippen molar-refractivity contribution in [3.63, 3.8) is 0 Å². The molecule has 0 heterocycles. The van der Waals surface area contributed by atoms with Gasteiger partial charge in [0.2, 0.25) is 0 Å². The first-order chi connectivity index (χ1) is 9.13. The van der Waals surface area contributed by atoms with Crippen LogP contribution in [0, 0.1) is 5.41 Å². The van der Waals surface area contributed by atoms with Gasteiger partial charge < -0.3 is 10.5 Å². The molecule has 0 aliphatic heterocycles. The molecule has 0 atom stereocenters. The maximum atomic E-state index is 11.3. The smallest absolute Gasteiger partial charge is 0.337 e. The maximum absolute atomic E-state index is 11.3. The molecule has 4 nitrogen and oxygen atoms in total. The summed E-state index contributed by atoms with van der Waals surface area (Å²) in [5, 5.41) is 8.14. The average Bonchev–Trinajstić information content (AvgIpc) is 2.46. The zero-order chi connectivity index (χ0) is 13.8. The number of hydrogen-bond donors (Lipinski definition) is 2. The Morgan fingerprint density at radius 3 is 2.21 bits per heavy atom. The van der Waals surface area contributed by atoms with Crippen molar-refractivity contribution in [2.75, 3.05) is 12.8 Å².